The molecule has 0 saturated heterocycles. The molecule has 9 heavy (non-hydrogen) atoms. The molecule has 0 unspecified atom stereocenters. The minimum atomic E-state index is 0.0786. The highest BCUT2D eigenvalue weighted by atomic mass is 79.9. The standard InChI is InChI=1S/C6H10BrNO/c1-3-4-8(2)6(9)5-7/h3H,1,4-5H2,2H3. The number of amides is 1. The van der Waals surface area contributed by atoms with E-state index >= 15 is 0 Å². The van der Waals surface area contributed by atoms with E-state index in [-0.39, 0.29) is 5.91 Å². The normalized spacial score (nSPS) is 8.67. The van der Waals surface area contributed by atoms with Crippen LogP contribution in [0.5, 0.6) is 0 Å². The number of carbonyl (C=O) groups excluding carboxylic acids is 1. The molecule has 0 heterocycles. The Morgan fingerprint density at radius 3 is 2.78 bits per heavy atom. The third-order valence-corrected chi connectivity index (χ3v) is 1.42. The molecule has 0 aromatic heterocycles. The van der Waals surface area contributed by atoms with E-state index in [9.17, 15) is 4.79 Å². The molecule has 0 aliphatic heterocycles. The lowest BCUT2D eigenvalue weighted by Gasteiger charge is -2.11. The summed E-state index contributed by atoms with van der Waals surface area (Å²) in [5, 5.41) is 0.386. The molecule has 52 valence electrons. The number of halogens is 1. The minimum absolute atomic E-state index is 0.0786. The van der Waals surface area contributed by atoms with Gasteiger partial charge in [-0.25, -0.2) is 0 Å². The summed E-state index contributed by atoms with van der Waals surface area (Å²) in [6.45, 7) is 4.12. The first-order chi connectivity index (χ1) is 4.22. The fourth-order valence-electron chi connectivity index (χ4n) is 0.397. The van der Waals surface area contributed by atoms with Gasteiger partial charge in [0.25, 0.3) is 0 Å². The van der Waals surface area contributed by atoms with E-state index in [1.807, 2.05) is 0 Å². The van der Waals surface area contributed by atoms with Gasteiger partial charge in [-0.1, -0.05) is 22.0 Å². The molecule has 0 bridgehead atoms. The highest BCUT2D eigenvalue weighted by molar-refractivity contribution is 9.09. The second-order valence-corrected chi connectivity index (χ2v) is 2.26. The van der Waals surface area contributed by atoms with Gasteiger partial charge in [0, 0.05) is 13.6 Å². The molecule has 0 aromatic carbocycles. The average molecular weight is 192 g/mol. The van der Waals surface area contributed by atoms with Gasteiger partial charge in [-0.15, -0.1) is 6.58 Å². The van der Waals surface area contributed by atoms with E-state index < -0.39 is 0 Å². The topological polar surface area (TPSA) is 20.3 Å². The first kappa shape index (κ1) is 8.69. The van der Waals surface area contributed by atoms with Crippen LogP contribution in [0.25, 0.3) is 0 Å². The van der Waals surface area contributed by atoms with Gasteiger partial charge in [-0.3, -0.25) is 4.79 Å². The van der Waals surface area contributed by atoms with Crippen LogP contribution in [0.2, 0.25) is 0 Å². The molecule has 0 atom stereocenters. The van der Waals surface area contributed by atoms with Crippen LogP contribution < -0.4 is 0 Å². The van der Waals surface area contributed by atoms with Crippen molar-refractivity contribution in [2.45, 2.75) is 0 Å². The zero-order valence-electron chi connectivity index (χ0n) is 5.43. The van der Waals surface area contributed by atoms with E-state index in [1.54, 1.807) is 18.0 Å². The fraction of sp³-hybridized carbons (Fsp3) is 0.500. The quantitative estimate of drug-likeness (QED) is 0.483. The molecule has 0 N–H and O–H groups in total. The molecule has 0 aliphatic rings. The van der Waals surface area contributed by atoms with Crippen molar-refractivity contribution in [3.63, 3.8) is 0 Å². The zero-order valence-corrected chi connectivity index (χ0v) is 7.02. The predicted molar refractivity (Wildman–Crippen MR) is 41.6 cm³/mol. The van der Waals surface area contributed by atoms with Crippen molar-refractivity contribution in [1.29, 1.82) is 0 Å². The van der Waals surface area contributed by atoms with Crippen molar-refractivity contribution in [1.82, 2.24) is 4.90 Å². The molecule has 2 nitrogen and oxygen atoms in total. The van der Waals surface area contributed by atoms with Crippen molar-refractivity contribution >= 4 is 21.8 Å². The third-order valence-electron chi connectivity index (χ3n) is 0.943. The largest absolute Gasteiger partial charge is 0.341 e. The predicted octanol–water partition coefficient (Wildman–Crippen LogP) is 1.03. The first-order valence-electron chi connectivity index (χ1n) is 2.63. The molecule has 0 aromatic rings. The van der Waals surface area contributed by atoms with Crippen LogP contribution in [0.4, 0.5) is 0 Å². The third kappa shape index (κ3) is 3.30. The van der Waals surface area contributed by atoms with E-state index in [4.69, 9.17) is 0 Å². The lowest BCUT2D eigenvalue weighted by atomic mass is 10.5. The summed E-state index contributed by atoms with van der Waals surface area (Å²) in [5.74, 6) is 0.0786. The van der Waals surface area contributed by atoms with Gasteiger partial charge in [0.15, 0.2) is 0 Å². The SMILES string of the molecule is C=CCN(C)C(=O)CBr. The fourth-order valence-corrected chi connectivity index (χ4v) is 0.826. The molecular weight excluding hydrogens is 182 g/mol. The summed E-state index contributed by atoms with van der Waals surface area (Å²) in [6.07, 6.45) is 1.70. The highest BCUT2D eigenvalue weighted by Gasteiger charge is 2.01. The van der Waals surface area contributed by atoms with Crippen LogP contribution in [0.15, 0.2) is 12.7 Å². The van der Waals surface area contributed by atoms with E-state index in [0.29, 0.717) is 11.9 Å². The number of rotatable bonds is 3. The molecule has 0 fully saturated rings. The molecule has 0 aliphatic carbocycles. The number of alkyl halides is 1. The summed E-state index contributed by atoms with van der Waals surface area (Å²) >= 11 is 3.06. The summed E-state index contributed by atoms with van der Waals surface area (Å²) in [6, 6.07) is 0. The van der Waals surface area contributed by atoms with Crippen LogP contribution in [0.1, 0.15) is 0 Å². The van der Waals surface area contributed by atoms with E-state index in [2.05, 4.69) is 22.5 Å². The number of hydrogen-bond donors (Lipinski definition) is 0. The molecular formula is C6H10BrNO. The Morgan fingerprint density at radius 1 is 1.89 bits per heavy atom. The van der Waals surface area contributed by atoms with Gasteiger partial charge < -0.3 is 4.90 Å². The Hall–Kier alpha value is -0.310. The number of hydrogen-bond acceptors (Lipinski definition) is 1. The number of likely N-dealkylation sites (N-methyl/N-ethyl adjacent to an activating group) is 1. The summed E-state index contributed by atoms with van der Waals surface area (Å²) in [4.78, 5) is 12.3. The maximum absolute atomic E-state index is 10.7. The first-order valence-corrected chi connectivity index (χ1v) is 3.75. The van der Waals surface area contributed by atoms with Crippen LogP contribution in [-0.2, 0) is 4.79 Å². The summed E-state index contributed by atoms with van der Waals surface area (Å²) < 4.78 is 0. The van der Waals surface area contributed by atoms with Gasteiger partial charge in [-0.05, 0) is 0 Å². The van der Waals surface area contributed by atoms with Crippen molar-refractivity contribution in [2.75, 3.05) is 18.9 Å². The second kappa shape index (κ2) is 4.56. The Kier molecular flexibility index (Phi) is 4.40. The van der Waals surface area contributed by atoms with Gasteiger partial charge in [0.1, 0.15) is 0 Å². The zero-order chi connectivity index (χ0) is 7.28. The maximum atomic E-state index is 10.7. The second-order valence-electron chi connectivity index (χ2n) is 1.70. The van der Waals surface area contributed by atoms with Crippen LogP contribution in [0.3, 0.4) is 0 Å². The molecule has 0 saturated carbocycles. The smallest absolute Gasteiger partial charge is 0.233 e. The van der Waals surface area contributed by atoms with Crippen LogP contribution in [-0.4, -0.2) is 29.7 Å². The van der Waals surface area contributed by atoms with Crippen molar-refractivity contribution < 1.29 is 4.79 Å². The highest BCUT2D eigenvalue weighted by Crippen LogP contribution is 1.88. The van der Waals surface area contributed by atoms with Gasteiger partial charge in [0.2, 0.25) is 5.91 Å². The molecule has 3 heteroatoms. The maximum Gasteiger partial charge on any atom is 0.233 e. The molecule has 0 rings (SSSR count). The monoisotopic (exact) mass is 191 g/mol. The number of carbonyl (C=O) groups is 1. The molecule has 1 amide bonds. The lowest BCUT2D eigenvalue weighted by molar-refractivity contribution is -0.126. The Labute approximate surface area is 63.7 Å². The van der Waals surface area contributed by atoms with Crippen molar-refractivity contribution in [3.05, 3.63) is 12.7 Å². The minimum Gasteiger partial charge on any atom is -0.341 e. The molecule has 0 radical (unpaired) electrons. The van der Waals surface area contributed by atoms with Gasteiger partial charge in [0.05, 0.1) is 5.33 Å². The summed E-state index contributed by atoms with van der Waals surface area (Å²) in [5.41, 5.74) is 0. The summed E-state index contributed by atoms with van der Waals surface area (Å²) in [7, 11) is 1.74. The van der Waals surface area contributed by atoms with E-state index in [0.717, 1.165) is 0 Å². The number of nitrogens with zero attached hydrogens (tertiary/aromatic N) is 1. The van der Waals surface area contributed by atoms with Crippen molar-refractivity contribution in [3.8, 4) is 0 Å². The van der Waals surface area contributed by atoms with Gasteiger partial charge >= 0.3 is 0 Å². The van der Waals surface area contributed by atoms with Crippen LogP contribution in [0, 0.1) is 0 Å². The lowest BCUT2D eigenvalue weighted by Crippen LogP contribution is -2.27. The Morgan fingerprint density at radius 2 is 2.44 bits per heavy atom. The van der Waals surface area contributed by atoms with Crippen molar-refractivity contribution in [2.24, 2.45) is 0 Å². The Balaban J connectivity index is 3.58. The van der Waals surface area contributed by atoms with Crippen LogP contribution >= 0.6 is 15.9 Å². The van der Waals surface area contributed by atoms with E-state index in [1.165, 1.54) is 0 Å². The molecule has 0 spiro atoms. The average Bonchev–Trinajstić information content (AvgIpc) is 1.87. The van der Waals surface area contributed by atoms with Gasteiger partial charge in [-0.2, -0.15) is 0 Å². The Bertz CT molecular complexity index is 114.